The zero-order valence-corrected chi connectivity index (χ0v) is 12.0. The zero-order valence-electron chi connectivity index (χ0n) is 9.46. The molecule has 0 aromatic carbocycles. The minimum Gasteiger partial charge on any atom is -0.407 e. The van der Waals surface area contributed by atoms with E-state index in [1.165, 1.54) is 13.8 Å². The lowest BCUT2D eigenvalue weighted by Gasteiger charge is -2.38. The Hall–Kier alpha value is 0.517. The molecule has 0 saturated carbocycles. The maximum atomic E-state index is 13.6. The highest BCUT2D eigenvalue weighted by molar-refractivity contribution is 9.09. The monoisotopic (exact) mass is 288 g/mol. The molecule has 0 radical (unpaired) electrons. The van der Waals surface area contributed by atoms with Crippen molar-refractivity contribution in [3.05, 3.63) is 0 Å². The molecule has 0 spiro atoms. The third-order valence-corrected chi connectivity index (χ3v) is 3.37. The van der Waals surface area contributed by atoms with Crippen molar-refractivity contribution < 1.29 is 13.2 Å². The fraction of sp³-hybridized carbons (Fsp3) is 1.00. The second-order valence-electron chi connectivity index (χ2n) is 4.87. The van der Waals surface area contributed by atoms with Crippen LogP contribution in [0.1, 0.15) is 20.3 Å². The van der Waals surface area contributed by atoms with E-state index in [2.05, 4.69) is 15.9 Å². The maximum absolute atomic E-state index is 13.6. The van der Waals surface area contributed by atoms with Gasteiger partial charge >= 0.3 is 0 Å². The average Bonchev–Trinajstić information content (AvgIpc) is 1.79. The predicted molar refractivity (Wildman–Crippen MR) is 61.9 cm³/mol. The fourth-order valence-corrected chi connectivity index (χ4v) is 3.44. The van der Waals surface area contributed by atoms with E-state index in [-0.39, 0.29) is 6.42 Å². The summed E-state index contributed by atoms with van der Waals surface area (Å²) in [5, 5.41) is 0.290. The third kappa shape index (κ3) is 4.36. The van der Waals surface area contributed by atoms with Crippen molar-refractivity contribution in [2.75, 3.05) is 5.33 Å². The Labute approximate surface area is 94.5 Å². The van der Waals surface area contributed by atoms with E-state index in [1.807, 2.05) is 19.6 Å². The number of alkyl halides is 3. The highest BCUT2D eigenvalue weighted by atomic mass is 79.9. The molecular weight excluding hydrogens is 270 g/mol. The molecule has 0 aromatic heterocycles. The van der Waals surface area contributed by atoms with Crippen molar-refractivity contribution in [2.45, 2.75) is 51.4 Å². The summed E-state index contributed by atoms with van der Waals surface area (Å²) in [4.78, 5) is 0. The molecule has 5 heteroatoms. The summed E-state index contributed by atoms with van der Waals surface area (Å²) in [6.07, 6.45) is -0.190. The van der Waals surface area contributed by atoms with Gasteiger partial charge < -0.3 is 4.43 Å². The SMILES string of the molecule is CC(C)(O[Si](C)(C)C)C(F)(F)CCBr. The summed E-state index contributed by atoms with van der Waals surface area (Å²) in [6.45, 7) is 8.68. The fourth-order valence-electron chi connectivity index (χ4n) is 1.26. The molecule has 0 saturated heterocycles. The van der Waals surface area contributed by atoms with Crippen molar-refractivity contribution >= 4 is 24.2 Å². The highest BCUT2D eigenvalue weighted by Crippen LogP contribution is 2.37. The van der Waals surface area contributed by atoms with Gasteiger partial charge in [0.1, 0.15) is 5.60 Å². The van der Waals surface area contributed by atoms with E-state index >= 15 is 0 Å². The van der Waals surface area contributed by atoms with Crippen LogP contribution in [0.2, 0.25) is 19.6 Å². The number of hydrogen-bond acceptors (Lipinski definition) is 1. The van der Waals surface area contributed by atoms with Crippen LogP contribution in [0.3, 0.4) is 0 Å². The smallest absolute Gasteiger partial charge is 0.275 e. The molecule has 0 aliphatic rings. The Morgan fingerprint density at radius 2 is 1.64 bits per heavy atom. The minimum absolute atomic E-state index is 0.190. The van der Waals surface area contributed by atoms with Gasteiger partial charge in [-0.05, 0) is 33.5 Å². The van der Waals surface area contributed by atoms with Crippen LogP contribution in [0.4, 0.5) is 8.78 Å². The second kappa shape index (κ2) is 4.57. The first-order chi connectivity index (χ1) is 6.02. The Balaban J connectivity index is 4.59. The molecule has 0 fully saturated rings. The lowest BCUT2D eigenvalue weighted by Crippen LogP contribution is -2.51. The van der Waals surface area contributed by atoms with Crippen LogP contribution < -0.4 is 0 Å². The quantitative estimate of drug-likeness (QED) is 0.548. The second-order valence-corrected chi connectivity index (χ2v) is 10.1. The van der Waals surface area contributed by atoms with Crippen molar-refractivity contribution in [1.29, 1.82) is 0 Å². The van der Waals surface area contributed by atoms with Crippen molar-refractivity contribution in [3.63, 3.8) is 0 Å². The summed E-state index contributed by atoms with van der Waals surface area (Å²) in [5.74, 6) is -2.78. The number of halogens is 3. The van der Waals surface area contributed by atoms with E-state index in [9.17, 15) is 8.78 Å². The maximum Gasteiger partial charge on any atom is 0.275 e. The minimum atomic E-state index is -2.78. The standard InChI is InChI=1S/C9H19BrF2OSi/c1-8(2,13-14(3,4)5)9(11,12)6-7-10/h6-7H2,1-5H3. The average molecular weight is 289 g/mol. The van der Waals surface area contributed by atoms with Crippen molar-refractivity contribution in [2.24, 2.45) is 0 Å². The van der Waals surface area contributed by atoms with E-state index in [1.54, 1.807) is 0 Å². The van der Waals surface area contributed by atoms with E-state index in [4.69, 9.17) is 4.43 Å². The largest absolute Gasteiger partial charge is 0.407 e. The third-order valence-electron chi connectivity index (χ3n) is 1.85. The number of rotatable bonds is 5. The van der Waals surface area contributed by atoms with Crippen LogP contribution >= 0.6 is 15.9 Å². The zero-order chi connectivity index (χ0) is 11.6. The van der Waals surface area contributed by atoms with Crippen LogP contribution in [0.15, 0.2) is 0 Å². The molecular formula is C9H19BrF2OSi. The summed E-state index contributed by atoms with van der Waals surface area (Å²) < 4.78 is 32.7. The van der Waals surface area contributed by atoms with Gasteiger partial charge in [-0.3, -0.25) is 0 Å². The first kappa shape index (κ1) is 14.5. The molecule has 0 aliphatic carbocycles. The molecule has 0 aliphatic heterocycles. The summed E-state index contributed by atoms with van der Waals surface area (Å²) in [5.41, 5.74) is -1.37. The molecule has 0 N–H and O–H groups in total. The highest BCUT2D eigenvalue weighted by Gasteiger charge is 2.48. The molecule has 0 aromatic rings. The van der Waals surface area contributed by atoms with Crippen LogP contribution in [0.25, 0.3) is 0 Å². The summed E-state index contributed by atoms with van der Waals surface area (Å²) in [6, 6.07) is 0. The molecule has 0 atom stereocenters. The molecule has 0 bridgehead atoms. The molecule has 1 nitrogen and oxygen atoms in total. The van der Waals surface area contributed by atoms with E-state index in [0.29, 0.717) is 5.33 Å². The molecule has 86 valence electrons. The lowest BCUT2D eigenvalue weighted by atomic mass is 9.99. The van der Waals surface area contributed by atoms with Gasteiger partial charge in [0, 0.05) is 11.8 Å². The van der Waals surface area contributed by atoms with Crippen LogP contribution in [-0.4, -0.2) is 25.2 Å². The van der Waals surface area contributed by atoms with Gasteiger partial charge in [0.05, 0.1) is 0 Å². The first-order valence-electron chi connectivity index (χ1n) is 4.66. The molecule has 0 amide bonds. The van der Waals surface area contributed by atoms with Crippen molar-refractivity contribution in [1.82, 2.24) is 0 Å². The molecule has 0 heterocycles. The Morgan fingerprint density at radius 3 is 1.93 bits per heavy atom. The Morgan fingerprint density at radius 1 is 1.21 bits per heavy atom. The van der Waals surface area contributed by atoms with Crippen molar-refractivity contribution in [3.8, 4) is 0 Å². The van der Waals surface area contributed by atoms with Gasteiger partial charge in [-0.1, -0.05) is 15.9 Å². The van der Waals surface area contributed by atoms with Crippen LogP contribution in [0, 0.1) is 0 Å². The van der Waals surface area contributed by atoms with Gasteiger partial charge in [-0.2, -0.15) is 0 Å². The first-order valence-corrected chi connectivity index (χ1v) is 9.19. The Bertz CT molecular complexity index is 190. The van der Waals surface area contributed by atoms with Gasteiger partial charge in [0.15, 0.2) is 8.32 Å². The van der Waals surface area contributed by atoms with Crippen LogP contribution in [0.5, 0.6) is 0 Å². The van der Waals surface area contributed by atoms with E-state index < -0.39 is 19.8 Å². The van der Waals surface area contributed by atoms with Gasteiger partial charge in [-0.15, -0.1) is 0 Å². The normalized spacial score (nSPS) is 14.6. The van der Waals surface area contributed by atoms with E-state index in [0.717, 1.165) is 0 Å². The Kier molecular flexibility index (Phi) is 4.74. The molecule has 0 unspecified atom stereocenters. The topological polar surface area (TPSA) is 9.23 Å². The lowest BCUT2D eigenvalue weighted by molar-refractivity contribution is -0.151. The van der Waals surface area contributed by atoms with Gasteiger partial charge in [-0.25, -0.2) is 8.78 Å². The van der Waals surface area contributed by atoms with Crippen LogP contribution in [-0.2, 0) is 4.43 Å². The van der Waals surface area contributed by atoms with Gasteiger partial charge in [0.25, 0.3) is 5.92 Å². The summed E-state index contributed by atoms with van der Waals surface area (Å²) >= 11 is 3.03. The number of hydrogen-bond donors (Lipinski definition) is 0. The van der Waals surface area contributed by atoms with Gasteiger partial charge in [0.2, 0.25) is 0 Å². The summed E-state index contributed by atoms with van der Waals surface area (Å²) in [7, 11) is -1.93. The molecule has 0 rings (SSSR count). The molecule has 14 heavy (non-hydrogen) atoms. The predicted octanol–water partition coefficient (Wildman–Crippen LogP) is 4.04.